The number of piperazine rings is 1. The first kappa shape index (κ1) is 14.9. The minimum Gasteiger partial charge on any atom is -0.377 e. The quantitative estimate of drug-likeness (QED) is 0.817. The average Bonchev–Trinajstić information content (AvgIpc) is 2.18. The van der Waals surface area contributed by atoms with E-state index in [4.69, 9.17) is 4.74 Å². The topological polar surface area (TPSA) is 24.5 Å². The van der Waals surface area contributed by atoms with Gasteiger partial charge in [-0.3, -0.25) is 4.90 Å². The number of hydrogen-bond acceptors (Lipinski definition) is 3. The molecule has 0 aromatic heterocycles. The summed E-state index contributed by atoms with van der Waals surface area (Å²) >= 11 is 0. The second-order valence-corrected chi connectivity index (χ2v) is 6.59. The van der Waals surface area contributed by atoms with Gasteiger partial charge in [0.1, 0.15) is 0 Å². The molecule has 1 aliphatic heterocycles. The van der Waals surface area contributed by atoms with E-state index in [1.165, 1.54) is 0 Å². The van der Waals surface area contributed by atoms with Crippen molar-refractivity contribution in [3.63, 3.8) is 0 Å². The largest absolute Gasteiger partial charge is 0.377 e. The fraction of sp³-hybridized carbons (Fsp3) is 1.00. The van der Waals surface area contributed by atoms with Crippen molar-refractivity contribution in [3.8, 4) is 0 Å². The summed E-state index contributed by atoms with van der Waals surface area (Å²) in [6.45, 7) is 17.5. The Bertz CT molecular complexity index is 223. The summed E-state index contributed by atoms with van der Waals surface area (Å²) in [6.07, 6.45) is 0.339. The van der Waals surface area contributed by atoms with Crippen LogP contribution in [0.25, 0.3) is 0 Å². The van der Waals surface area contributed by atoms with Crippen LogP contribution < -0.4 is 5.32 Å². The predicted octanol–water partition coefficient (Wildman–Crippen LogP) is 2.12. The molecule has 2 atom stereocenters. The maximum absolute atomic E-state index is 5.65. The highest BCUT2D eigenvalue weighted by Gasteiger charge is 2.31. The molecule has 17 heavy (non-hydrogen) atoms. The Labute approximate surface area is 107 Å². The van der Waals surface area contributed by atoms with Gasteiger partial charge in [0.15, 0.2) is 0 Å². The molecule has 0 saturated carbocycles. The van der Waals surface area contributed by atoms with Crippen molar-refractivity contribution in [3.05, 3.63) is 0 Å². The van der Waals surface area contributed by atoms with Gasteiger partial charge in [-0.2, -0.15) is 0 Å². The van der Waals surface area contributed by atoms with Crippen LogP contribution in [0.15, 0.2) is 0 Å². The molecule has 102 valence electrons. The molecule has 1 fully saturated rings. The lowest BCUT2D eigenvalue weighted by molar-refractivity contribution is 0.0291. The molecular weight excluding hydrogens is 212 g/mol. The SMILES string of the molecule is CC(C)OCCN1CC(C(C)(C)C)NCC1C. The van der Waals surface area contributed by atoms with E-state index in [0.717, 1.165) is 26.2 Å². The summed E-state index contributed by atoms with van der Waals surface area (Å²) in [6, 6.07) is 1.20. The van der Waals surface area contributed by atoms with E-state index >= 15 is 0 Å². The molecule has 1 heterocycles. The zero-order chi connectivity index (χ0) is 13.1. The molecular formula is C14H30N2O. The molecule has 0 bridgehead atoms. The molecule has 1 rings (SSSR count). The maximum atomic E-state index is 5.65. The third kappa shape index (κ3) is 4.94. The van der Waals surface area contributed by atoms with E-state index in [1.54, 1.807) is 0 Å². The summed E-state index contributed by atoms with van der Waals surface area (Å²) < 4.78 is 5.65. The van der Waals surface area contributed by atoms with Gasteiger partial charge in [-0.15, -0.1) is 0 Å². The highest BCUT2D eigenvalue weighted by atomic mass is 16.5. The molecule has 0 spiro atoms. The zero-order valence-corrected chi connectivity index (χ0v) is 12.4. The summed E-state index contributed by atoms with van der Waals surface area (Å²) in [4.78, 5) is 2.55. The molecule has 0 aliphatic carbocycles. The average molecular weight is 242 g/mol. The Morgan fingerprint density at radius 3 is 2.53 bits per heavy atom. The van der Waals surface area contributed by atoms with Crippen molar-refractivity contribution in [1.29, 1.82) is 0 Å². The lowest BCUT2D eigenvalue weighted by Gasteiger charge is -2.44. The van der Waals surface area contributed by atoms with Crippen molar-refractivity contribution in [2.45, 2.75) is 59.7 Å². The Morgan fingerprint density at radius 2 is 2.00 bits per heavy atom. The van der Waals surface area contributed by atoms with Gasteiger partial charge in [0.05, 0.1) is 12.7 Å². The molecule has 0 aromatic rings. The molecule has 1 N–H and O–H groups in total. The van der Waals surface area contributed by atoms with E-state index in [0.29, 0.717) is 23.6 Å². The smallest absolute Gasteiger partial charge is 0.0597 e. The van der Waals surface area contributed by atoms with Gasteiger partial charge in [0.2, 0.25) is 0 Å². The number of hydrogen-bond donors (Lipinski definition) is 1. The van der Waals surface area contributed by atoms with Gasteiger partial charge in [-0.05, 0) is 26.2 Å². The van der Waals surface area contributed by atoms with E-state index in [2.05, 4.69) is 51.8 Å². The molecule has 3 heteroatoms. The third-order valence-electron chi connectivity index (χ3n) is 3.58. The lowest BCUT2D eigenvalue weighted by atomic mass is 9.85. The molecule has 2 unspecified atom stereocenters. The zero-order valence-electron chi connectivity index (χ0n) is 12.4. The van der Waals surface area contributed by atoms with Gasteiger partial charge in [0, 0.05) is 31.7 Å². The van der Waals surface area contributed by atoms with Gasteiger partial charge < -0.3 is 10.1 Å². The van der Waals surface area contributed by atoms with Crippen LogP contribution in [0, 0.1) is 5.41 Å². The van der Waals surface area contributed by atoms with Crippen LogP contribution in [0.4, 0.5) is 0 Å². The predicted molar refractivity (Wildman–Crippen MR) is 73.4 cm³/mol. The summed E-state index contributed by atoms with van der Waals surface area (Å²) in [5.41, 5.74) is 0.331. The van der Waals surface area contributed by atoms with Crippen molar-refractivity contribution >= 4 is 0 Å². The number of rotatable bonds is 4. The number of nitrogens with zero attached hydrogens (tertiary/aromatic N) is 1. The number of ether oxygens (including phenoxy) is 1. The monoisotopic (exact) mass is 242 g/mol. The molecule has 0 amide bonds. The Hall–Kier alpha value is -0.120. The molecule has 0 radical (unpaired) electrons. The van der Waals surface area contributed by atoms with Crippen LogP contribution in [0.3, 0.4) is 0 Å². The molecule has 1 aliphatic rings. The van der Waals surface area contributed by atoms with Crippen molar-refractivity contribution in [1.82, 2.24) is 10.2 Å². The second-order valence-electron chi connectivity index (χ2n) is 6.59. The van der Waals surface area contributed by atoms with Gasteiger partial charge in [-0.25, -0.2) is 0 Å². The molecule has 3 nitrogen and oxygen atoms in total. The number of nitrogens with one attached hydrogen (secondary N) is 1. The highest BCUT2D eigenvalue weighted by Crippen LogP contribution is 2.23. The third-order valence-corrected chi connectivity index (χ3v) is 3.58. The lowest BCUT2D eigenvalue weighted by Crippen LogP contribution is -2.59. The Balaban J connectivity index is 2.41. The minimum atomic E-state index is 0.331. The van der Waals surface area contributed by atoms with Crippen LogP contribution in [-0.2, 0) is 4.74 Å². The first-order chi connectivity index (χ1) is 7.80. The standard InChI is InChI=1S/C14H30N2O/c1-11(2)17-8-7-16-10-13(14(4,5)6)15-9-12(16)3/h11-13,15H,7-10H2,1-6H3. The van der Waals surface area contributed by atoms with Crippen LogP contribution in [0.1, 0.15) is 41.5 Å². The Morgan fingerprint density at radius 1 is 1.35 bits per heavy atom. The van der Waals surface area contributed by atoms with E-state index in [1.807, 2.05) is 0 Å². The van der Waals surface area contributed by atoms with Crippen molar-refractivity contribution in [2.75, 3.05) is 26.2 Å². The maximum Gasteiger partial charge on any atom is 0.0597 e. The van der Waals surface area contributed by atoms with Gasteiger partial charge >= 0.3 is 0 Å². The first-order valence-corrected chi connectivity index (χ1v) is 6.89. The summed E-state index contributed by atoms with van der Waals surface area (Å²) in [7, 11) is 0. The summed E-state index contributed by atoms with van der Waals surface area (Å²) in [5.74, 6) is 0. The minimum absolute atomic E-state index is 0.331. The highest BCUT2D eigenvalue weighted by molar-refractivity contribution is 4.90. The van der Waals surface area contributed by atoms with Crippen molar-refractivity contribution < 1.29 is 4.74 Å². The summed E-state index contributed by atoms with van der Waals surface area (Å²) in [5, 5.41) is 3.66. The fourth-order valence-corrected chi connectivity index (χ4v) is 2.22. The van der Waals surface area contributed by atoms with Crippen LogP contribution in [0.5, 0.6) is 0 Å². The van der Waals surface area contributed by atoms with Crippen molar-refractivity contribution in [2.24, 2.45) is 5.41 Å². The second kappa shape index (κ2) is 6.17. The first-order valence-electron chi connectivity index (χ1n) is 6.89. The van der Waals surface area contributed by atoms with E-state index < -0.39 is 0 Å². The Kier molecular flexibility index (Phi) is 5.42. The van der Waals surface area contributed by atoms with Crippen LogP contribution >= 0.6 is 0 Å². The van der Waals surface area contributed by atoms with Gasteiger partial charge in [0.25, 0.3) is 0 Å². The van der Waals surface area contributed by atoms with Crippen LogP contribution in [0.2, 0.25) is 0 Å². The molecule has 0 aromatic carbocycles. The van der Waals surface area contributed by atoms with Crippen LogP contribution in [-0.4, -0.2) is 49.3 Å². The van der Waals surface area contributed by atoms with Gasteiger partial charge in [-0.1, -0.05) is 20.8 Å². The van der Waals surface area contributed by atoms with E-state index in [-0.39, 0.29) is 0 Å². The fourth-order valence-electron chi connectivity index (χ4n) is 2.22. The molecule has 1 saturated heterocycles. The normalized spacial score (nSPS) is 27.7. The van der Waals surface area contributed by atoms with E-state index in [9.17, 15) is 0 Å².